The summed E-state index contributed by atoms with van der Waals surface area (Å²) in [4.78, 5) is 6.39. The van der Waals surface area contributed by atoms with Crippen LogP contribution in [-0.2, 0) is 0 Å². The molecule has 1 heterocycles. The maximum Gasteiger partial charge on any atom is 0.285 e. The van der Waals surface area contributed by atoms with E-state index in [4.69, 9.17) is 5.26 Å². The summed E-state index contributed by atoms with van der Waals surface area (Å²) >= 11 is 0. The molecular weight excluding hydrogens is 102 g/mol. The van der Waals surface area contributed by atoms with Crippen molar-refractivity contribution in [1.82, 2.24) is 4.98 Å². The molecule has 0 unspecified atom stereocenters. The molecule has 3 nitrogen and oxygen atoms in total. The Hall–Kier alpha value is -1.43. The van der Waals surface area contributed by atoms with Crippen LogP contribution in [0.25, 0.3) is 0 Å². The van der Waals surface area contributed by atoms with Gasteiger partial charge in [0.25, 0.3) is 12.0 Å². The minimum Gasteiger partial charge on any atom is -0.250 e. The van der Waals surface area contributed by atoms with Crippen LogP contribution in [0.15, 0.2) is 18.6 Å². The van der Waals surface area contributed by atoms with Crippen LogP contribution in [0.2, 0.25) is 0 Å². The standard InChI is InChI=1S/C5H3N3/c6-3-5-1-2-7-4-8-5/h1-2,4H/p+1. The quantitative estimate of drug-likeness (QED) is 0.458. The van der Waals surface area contributed by atoms with Crippen LogP contribution < -0.4 is 4.98 Å². The normalized spacial score (nSPS) is 7.88. The molecule has 0 aliphatic heterocycles. The molecule has 0 radical (unpaired) electrons. The van der Waals surface area contributed by atoms with Gasteiger partial charge in [-0.1, -0.05) is 0 Å². The van der Waals surface area contributed by atoms with E-state index in [-0.39, 0.29) is 0 Å². The fourth-order valence-corrected chi connectivity index (χ4v) is 0.386. The van der Waals surface area contributed by atoms with Gasteiger partial charge in [-0.05, 0) is 4.98 Å². The van der Waals surface area contributed by atoms with Gasteiger partial charge in [-0.2, -0.15) is 5.26 Å². The average Bonchev–Trinajstić information content (AvgIpc) is 1.90. The Morgan fingerprint density at radius 2 is 2.62 bits per heavy atom. The number of hydrogen-bond acceptors (Lipinski definition) is 2. The third-order valence-corrected chi connectivity index (χ3v) is 0.730. The molecule has 0 fully saturated rings. The molecule has 1 rings (SSSR count). The Morgan fingerprint density at radius 1 is 1.75 bits per heavy atom. The van der Waals surface area contributed by atoms with Gasteiger partial charge in [-0.3, -0.25) is 4.98 Å². The summed E-state index contributed by atoms with van der Waals surface area (Å²) in [5, 5.41) is 8.21. The van der Waals surface area contributed by atoms with Crippen molar-refractivity contribution in [3.8, 4) is 6.07 Å². The third kappa shape index (κ3) is 0.793. The molecule has 0 aromatic carbocycles. The van der Waals surface area contributed by atoms with Crippen LogP contribution in [-0.4, -0.2) is 4.98 Å². The fourth-order valence-electron chi connectivity index (χ4n) is 0.386. The van der Waals surface area contributed by atoms with E-state index in [9.17, 15) is 0 Å². The molecule has 0 spiro atoms. The van der Waals surface area contributed by atoms with Gasteiger partial charge in [0.05, 0.1) is 6.20 Å². The molecule has 38 valence electrons. The number of hydrogen-bond donors (Lipinski definition) is 0. The van der Waals surface area contributed by atoms with Crippen LogP contribution in [0, 0.1) is 11.3 Å². The van der Waals surface area contributed by atoms with E-state index in [1.54, 1.807) is 12.3 Å². The molecule has 0 amide bonds. The molecule has 1 aromatic rings. The molecule has 0 saturated carbocycles. The van der Waals surface area contributed by atoms with Crippen molar-refractivity contribution >= 4 is 0 Å². The first kappa shape index (κ1) is 4.72. The Labute approximate surface area is 46.6 Å². The SMILES string of the molecule is N#Cc1cc[nH+]cn1. The lowest BCUT2D eigenvalue weighted by molar-refractivity contribution is -0.382. The van der Waals surface area contributed by atoms with E-state index in [0.29, 0.717) is 5.69 Å². The van der Waals surface area contributed by atoms with E-state index in [1.807, 2.05) is 6.07 Å². The molecule has 3 heteroatoms. The highest BCUT2D eigenvalue weighted by molar-refractivity contribution is 5.14. The van der Waals surface area contributed by atoms with Crippen LogP contribution in [0.3, 0.4) is 0 Å². The van der Waals surface area contributed by atoms with E-state index in [0.717, 1.165) is 0 Å². The minimum absolute atomic E-state index is 0.434. The fraction of sp³-hybridized carbons (Fsp3) is 0. The van der Waals surface area contributed by atoms with Gasteiger partial charge in [-0.25, -0.2) is 0 Å². The second kappa shape index (κ2) is 2.03. The highest BCUT2D eigenvalue weighted by Crippen LogP contribution is 1.80. The molecule has 0 atom stereocenters. The minimum atomic E-state index is 0.434. The van der Waals surface area contributed by atoms with Crippen molar-refractivity contribution in [3.05, 3.63) is 24.3 Å². The summed E-state index contributed by atoms with van der Waals surface area (Å²) in [5.74, 6) is 0. The van der Waals surface area contributed by atoms with Crippen LogP contribution in [0.4, 0.5) is 0 Å². The zero-order valence-electron chi connectivity index (χ0n) is 4.13. The van der Waals surface area contributed by atoms with Gasteiger partial charge < -0.3 is 0 Å². The van der Waals surface area contributed by atoms with Crippen LogP contribution in [0.5, 0.6) is 0 Å². The van der Waals surface area contributed by atoms with Gasteiger partial charge in [0.15, 0.2) is 0 Å². The van der Waals surface area contributed by atoms with Crippen LogP contribution in [0.1, 0.15) is 5.69 Å². The monoisotopic (exact) mass is 106 g/mol. The smallest absolute Gasteiger partial charge is 0.250 e. The molecular formula is C5H4N3+. The predicted octanol–water partition coefficient (Wildman–Crippen LogP) is -0.233. The first-order chi connectivity index (χ1) is 3.93. The van der Waals surface area contributed by atoms with Crippen molar-refractivity contribution in [2.24, 2.45) is 0 Å². The number of nitrogens with zero attached hydrogens (tertiary/aromatic N) is 2. The molecule has 0 aliphatic carbocycles. The van der Waals surface area contributed by atoms with E-state index >= 15 is 0 Å². The first-order valence-electron chi connectivity index (χ1n) is 2.15. The van der Waals surface area contributed by atoms with Gasteiger partial charge in [-0.15, -0.1) is 0 Å². The third-order valence-electron chi connectivity index (χ3n) is 0.730. The highest BCUT2D eigenvalue weighted by Gasteiger charge is 1.91. The zero-order valence-corrected chi connectivity index (χ0v) is 4.13. The Kier molecular flexibility index (Phi) is 1.20. The molecule has 0 saturated heterocycles. The molecule has 1 N–H and O–H groups in total. The van der Waals surface area contributed by atoms with Crippen molar-refractivity contribution in [3.63, 3.8) is 0 Å². The number of H-pyrrole nitrogens is 1. The van der Waals surface area contributed by atoms with Crippen LogP contribution >= 0.6 is 0 Å². The number of nitriles is 1. The van der Waals surface area contributed by atoms with Gasteiger partial charge in [0.1, 0.15) is 6.07 Å². The maximum atomic E-state index is 8.21. The second-order valence-corrected chi connectivity index (χ2v) is 1.26. The summed E-state index contributed by atoms with van der Waals surface area (Å²) in [6, 6.07) is 3.51. The molecule has 0 aliphatic rings. The summed E-state index contributed by atoms with van der Waals surface area (Å²) < 4.78 is 0. The van der Waals surface area contributed by atoms with Gasteiger partial charge in [0.2, 0.25) is 0 Å². The topological polar surface area (TPSA) is 50.8 Å². The molecule has 1 aromatic heterocycles. The summed E-state index contributed by atoms with van der Waals surface area (Å²) in [6.45, 7) is 0. The Bertz CT molecular complexity index is 199. The Balaban J connectivity index is 3.05. The number of rotatable bonds is 0. The van der Waals surface area contributed by atoms with E-state index in [1.165, 1.54) is 6.33 Å². The lowest BCUT2D eigenvalue weighted by Crippen LogP contribution is -2.00. The lowest BCUT2D eigenvalue weighted by atomic mass is 10.5. The number of aromatic nitrogens is 2. The molecule has 8 heavy (non-hydrogen) atoms. The number of nitrogens with one attached hydrogen (secondary N) is 1. The summed E-state index contributed by atoms with van der Waals surface area (Å²) in [7, 11) is 0. The maximum absolute atomic E-state index is 8.21. The second-order valence-electron chi connectivity index (χ2n) is 1.26. The zero-order chi connectivity index (χ0) is 5.82. The lowest BCUT2D eigenvalue weighted by Gasteiger charge is -1.69. The van der Waals surface area contributed by atoms with E-state index < -0.39 is 0 Å². The van der Waals surface area contributed by atoms with Gasteiger partial charge in [0, 0.05) is 6.07 Å². The van der Waals surface area contributed by atoms with Crippen molar-refractivity contribution in [2.45, 2.75) is 0 Å². The average molecular weight is 106 g/mol. The van der Waals surface area contributed by atoms with Gasteiger partial charge >= 0.3 is 0 Å². The predicted molar refractivity (Wildman–Crippen MR) is 25.5 cm³/mol. The summed E-state index contributed by atoms with van der Waals surface area (Å²) in [5.41, 5.74) is 0.434. The van der Waals surface area contributed by atoms with Crippen molar-refractivity contribution in [2.75, 3.05) is 0 Å². The number of aromatic amines is 1. The van der Waals surface area contributed by atoms with Crippen molar-refractivity contribution < 1.29 is 4.98 Å². The largest absolute Gasteiger partial charge is 0.285 e. The summed E-state index contributed by atoms with van der Waals surface area (Å²) in [6.07, 6.45) is 3.13. The van der Waals surface area contributed by atoms with E-state index in [2.05, 4.69) is 9.97 Å². The Morgan fingerprint density at radius 3 is 3.00 bits per heavy atom. The molecule has 0 bridgehead atoms. The van der Waals surface area contributed by atoms with Crippen molar-refractivity contribution in [1.29, 1.82) is 5.26 Å². The highest BCUT2D eigenvalue weighted by atomic mass is 14.8. The first-order valence-corrected chi connectivity index (χ1v) is 2.15.